The summed E-state index contributed by atoms with van der Waals surface area (Å²) in [6.07, 6.45) is 12.2. The topological polar surface area (TPSA) is 73.8 Å². The van der Waals surface area contributed by atoms with Crippen LogP contribution in [-0.2, 0) is 23.8 Å². The first-order valence-corrected chi connectivity index (χ1v) is 10.9. The van der Waals surface area contributed by atoms with Gasteiger partial charge in [-0.05, 0) is 38.0 Å². The minimum absolute atomic E-state index is 0.233. The zero-order valence-corrected chi connectivity index (χ0v) is 18.2. The Labute approximate surface area is 174 Å². The van der Waals surface area contributed by atoms with Crippen LogP contribution in [0.3, 0.4) is 0 Å². The molecule has 0 radical (unpaired) electrons. The molecule has 0 aliphatic rings. The highest BCUT2D eigenvalue weighted by atomic mass is 32.2. The average molecular weight is 417 g/mol. The fourth-order valence-corrected chi connectivity index (χ4v) is 3.02. The normalized spacial score (nSPS) is 14.8. The van der Waals surface area contributed by atoms with E-state index in [-0.39, 0.29) is 10.6 Å². The third-order valence-corrected chi connectivity index (χ3v) is 5.41. The number of allylic oxidation sites excluding steroid dienone is 6. The van der Waals surface area contributed by atoms with E-state index in [9.17, 15) is 8.60 Å². The van der Waals surface area contributed by atoms with E-state index in [0.717, 1.165) is 12.8 Å². The molecule has 7 heteroatoms. The van der Waals surface area contributed by atoms with E-state index in [4.69, 9.17) is 5.14 Å². The van der Waals surface area contributed by atoms with Crippen molar-refractivity contribution in [3.8, 4) is 5.69 Å². The number of hydrogen-bond acceptors (Lipinski definition) is 3. The smallest absolute Gasteiger partial charge is 0.151 e. The molecule has 1 aromatic heterocycles. The first-order chi connectivity index (χ1) is 13.8. The summed E-state index contributed by atoms with van der Waals surface area (Å²) in [4.78, 5) is 4.87. The lowest BCUT2D eigenvalue weighted by molar-refractivity contribution is 0.541. The van der Waals surface area contributed by atoms with Crippen molar-refractivity contribution in [3.05, 3.63) is 71.6 Å². The van der Waals surface area contributed by atoms with Gasteiger partial charge in [0.05, 0.1) is 4.90 Å². The molecule has 2 N–H and O–H groups in total. The number of halogens is 1. The van der Waals surface area contributed by atoms with Crippen molar-refractivity contribution in [2.24, 2.45) is 11.1 Å². The summed E-state index contributed by atoms with van der Waals surface area (Å²) in [6.45, 7) is 8.28. The molecule has 0 bridgehead atoms. The molecule has 0 spiro atoms. The van der Waals surface area contributed by atoms with Crippen LogP contribution in [0.25, 0.3) is 5.69 Å². The van der Waals surface area contributed by atoms with Crippen molar-refractivity contribution < 1.29 is 8.60 Å². The standard InChI is InChI=1S/C22H29FN4OS/c1-5-16(3)10-8-7-9-11-22-25-21(14-17(4)6-2)26-27(22)20-13-12-18(29(24)28)15-19(20)23/h5,7-10,12-13,15,17H,6,11,14,24H2,1-4H3/b9-7+,10-8-,16-5-. The van der Waals surface area contributed by atoms with E-state index in [1.54, 1.807) is 12.1 Å². The van der Waals surface area contributed by atoms with E-state index < -0.39 is 16.8 Å². The largest absolute Gasteiger partial charge is 0.248 e. The van der Waals surface area contributed by atoms with Gasteiger partial charge in [-0.2, -0.15) is 5.10 Å². The molecule has 0 saturated carbocycles. The van der Waals surface area contributed by atoms with Gasteiger partial charge in [0, 0.05) is 12.8 Å². The Morgan fingerprint density at radius 2 is 2.14 bits per heavy atom. The number of rotatable bonds is 9. The minimum Gasteiger partial charge on any atom is -0.248 e. The molecule has 2 aromatic rings. The molecule has 0 amide bonds. The molecule has 156 valence electrons. The Kier molecular flexibility index (Phi) is 8.67. The minimum atomic E-state index is -1.73. The molecular formula is C22H29FN4OS. The van der Waals surface area contributed by atoms with E-state index in [2.05, 4.69) is 23.9 Å². The van der Waals surface area contributed by atoms with Crippen LogP contribution >= 0.6 is 0 Å². The lowest BCUT2D eigenvalue weighted by Crippen LogP contribution is -2.08. The fraction of sp³-hybridized carbons (Fsp3) is 0.364. The fourth-order valence-electron chi connectivity index (χ4n) is 2.60. The summed E-state index contributed by atoms with van der Waals surface area (Å²) in [7, 11) is -1.73. The molecule has 1 heterocycles. The van der Waals surface area contributed by atoms with Gasteiger partial charge in [-0.15, -0.1) is 0 Å². The highest BCUT2D eigenvalue weighted by molar-refractivity contribution is 7.82. The van der Waals surface area contributed by atoms with Crippen molar-refractivity contribution in [2.75, 3.05) is 0 Å². The second kappa shape index (κ2) is 11.0. The van der Waals surface area contributed by atoms with E-state index in [1.807, 2.05) is 44.2 Å². The first kappa shape index (κ1) is 22.9. The number of nitrogens with two attached hydrogens (primary N) is 1. The van der Waals surface area contributed by atoms with Gasteiger partial charge in [0.25, 0.3) is 0 Å². The average Bonchev–Trinajstić information content (AvgIpc) is 3.09. The van der Waals surface area contributed by atoms with E-state index >= 15 is 0 Å². The summed E-state index contributed by atoms with van der Waals surface area (Å²) in [5.74, 6) is 1.24. The van der Waals surface area contributed by atoms with Crippen LogP contribution in [0.15, 0.2) is 59.0 Å². The molecule has 5 nitrogen and oxygen atoms in total. The van der Waals surface area contributed by atoms with Crippen LogP contribution in [0.1, 0.15) is 45.8 Å². The zero-order valence-electron chi connectivity index (χ0n) is 17.4. The number of nitrogens with zero attached hydrogens (tertiary/aromatic N) is 3. The summed E-state index contributed by atoms with van der Waals surface area (Å²) < 4.78 is 27.6. The van der Waals surface area contributed by atoms with Gasteiger partial charge in [0.15, 0.2) is 5.82 Å². The van der Waals surface area contributed by atoms with Crippen molar-refractivity contribution in [3.63, 3.8) is 0 Å². The van der Waals surface area contributed by atoms with Crippen LogP contribution in [0.5, 0.6) is 0 Å². The lowest BCUT2D eigenvalue weighted by Gasteiger charge is -2.07. The van der Waals surface area contributed by atoms with Crippen molar-refractivity contribution in [1.29, 1.82) is 0 Å². The van der Waals surface area contributed by atoms with Crippen LogP contribution < -0.4 is 5.14 Å². The summed E-state index contributed by atoms with van der Waals surface area (Å²) in [6, 6.07) is 4.27. The highest BCUT2D eigenvalue weighted by Gasteiger charge is 2.16. The monoisotopic (exact) mass is 416 g/mol. The van der Waals surface area contributed by atoms with Gasteiger partial charge in [0.1, 0.15) is 28.3 Å². The maximum atomic E-state index is 14.7. The summed E-state index contributed by atoms with van der Waals surface area (Å²) >= 11 is 0. The Hall–Kier alpha value is -2.38. The first-order valence-electron chi connectivity index (χ1n) is 9.72. The van der Waals surface area contributed by atoms with Gasteiger partial charge in [0.2, 0.25) is 0 Å². The Morgan fingerprint density at radius 1 is 1.38 bits per heavy atom. The second-order valence-corrected chi connectivity index (χ2v) is 8.07. The van der Waals surface area contributed by atoms with Gasteiger partial charge in [-0.3, -0.25) is 0 Å². The van der Waals surface area contributed by atoms with E-state index in [1.165, 1.54) is 16.3 Å². The third kappa shape index (κ3) is 6.58. The molecule has 0 aliphatic carbocycles. The van der Waals surface area contributed by atoms with Gasteiger partial charge >= 0.3 is 0 Å². The highest BCUT2D eigenvalue weighted by Crippen LogP contribution is 2.19. The number of aromatic nitrogens is 3. The third-order valence-electron chi connectivity index (χ3n) is 4.69. The van der Waals surface area contributed by atoms with Crippen LogP contribution in [0.4, 0.5) is 4.39 Å². The SMILES string of the molecule is C\C=C(C)/C=C\C=C\Cc1nc(CC(C)CC)nn1-c1ccc(S(N)=O)cc1F. The molecular weight excluding hydrogens is 387 g/mol. The van der Waals surface area contributed by atoms with Crippen molar-refractivity contribution >= 4 is 11.0 Å². The van der Waals surface area contributed by atoms with Gasteiger partial charge in [-0.1, -0.05) is 56.2 Å². The van der Waals surface area contributed by atoms with Crippen LogP contribution in [0, 0.1) is 11.7 Å². The number of hydrogen-bond donors (Lipinski definition) is 1. The molecule has 2 atom stereocenters. The number of benzene rings is 1. The molecule has 0 aliphatic heterocycles. The molecule has 2 unspecified atom stereocenters. The Balaban J connectivity index is 2.35. The van der Waals surface area contributed by atoms with Crippen molar-refractivity contribution in [1.82, 2.24) is 14.8 Å². The van der Waals surface area contributed by atoms with E-state index in [0.29, 0.717) is 24.0 Å². The quantitative estimate of drug-likeness (QED) is 0.607. The molecule has 0 saturated heterocycles. The lowest BCUT2D eigenvalue weighted by atomic mass is 10.1. The summed E-state index contributed by atoms with van der Waals surface area (Å²) in [5.41, 5.74) is 1.44. The predicted octanol–water partition coefficient (Wildman–Crippen LogP) is 4.60. The van der Waals surface area contributed by atoms with Crippen LogP contribution in [0.2, 0.25) is 0 Å². The second-order valence-electron chi connectivity index (χ2n) is 7.01. The molecule has 1 aromatic carbocycles. The zero-order chi connectivity index (χ0) is 21.4. The molecule has 29 heavy (non-hydrogen) atoms. The van der Waals surface area contributed by atoms with Crippen molar-refractivity contribution in [2.45, 2.75) is 51.9 Å². The maximum absolute atomic E-state index is 14.7. The molecule has 2 rings (SSSR count). The predicted molar refractivity (Wildman–Crippen MR) is 116 cm³/mol. The van der Waals surface area contributed by atoms with Crippen LogP contribution in [-0.4, -0.2) is 19.0 Å². The van der Waals surface area contributed by atoms with Gasteiger partial charge in [-0.25, -0.2) is 23.4 Å². The molecule has 0 fully saturated rings. The summed E-state index contributed by atoms with van der Waals surface area (Å²) in [5, 5.41) is 9.89. The Bertz CT molecular complexity index is 946. The van der Waals surface area contributed by atoms with Gasteiger partial charge < -0.3 is 0 Å². The maximum Gasteiger partial charge on any atom is 0.151 e. The Morgan fingerprint density at radius 3 is 2.76 bits per heavy atom.